The zero-order valence-corrected chi connectivity index (χ0v) is 15.1. The maximum Gasteiger partial charge on any atom is 0.187 e. The van der Waals surface area contributed by atoms with Crippen LogP contribution in [-0.4, -0.2) is 28.4 Å². The number of para-hydroxylation sites is 1. The highest BCUT2D eigenvalue weighted by atomic mass is 32.2. The van der Waals surface area contributed by atoms with E-state index in [0.717, 1.165) is 32.0 Å². The number of thioether (sulfide) groups is 1. The molecule has 0 amide bonds. The van der Waals surface area contributed by atoms with Crippen LogP contribution in [0.4, 0.5) is 0 Å². The Kier molecular flexibility index (Phi) is 4.31. The van der Waals surface area contributed by atoms with Crippen LogP contribution in [0.2, 0.25) is 0 Å². The van der Waals surface area contributed by atoms with Gasteiger partial charge in [0.05, 0.1) is 22.9 Å². The summed E-state index contributed by atoms with van der Waals surface area (Å²) in [7, 11) is 1.65. The molecule has 3 aromatic rings. The van der Waals surface area contributed by atoms with E-state index in [0.29, 0.717) is 5.16 Å². The lowest BCUT2D eigenvalue weighted by Crippen LogP contribution is -2.14. The van der Waals surface area contributed by atoms with Crippen molar-refractivity contribution in [2.24, 2.45) is 0 Å². The Morgan fingerprint density at radius 1 is 1.26 bits per heavy atom. The van der Waals surface area contributed by atoms with Gasteiger partial charge in [0.1, 0.15) is 5.75 Å². The fraction of sp³-hybridized carbons (Fsp3) is 0.294. The normalized spacial score (nSPS) is 11.9. The van der Waals surface area contributed by atoms with Gasteiger partial charge < -0.3 is 9.84 Å². The molecular formula is C17H18N2O2S2. The Morgan fingerprint density at radius 2 is 2.00 bits per heavy atom. The molecule has 120 valence electrons. The molecule has 0 atom stereocenters. The average Bonchev–Trinajstić information content (AvgIpc) is 2.93. The van der Waals surface area contributed by atoms with Crippen molar-refractivity contribution in [2.45, 2.75) is 24.6 Å². The molecule has 0 radical (unpaired) electrons. The van der Waals surface area contributed by atoms with Gasteiger partial charge >= 0.3 is 0 Å². The Bertz CT molecular complexity index is 853. The van der Waals surface area contributed by atoms with E-state index in [2.05, 4.69) is 9.97 Å². The average molecular weight is 346 g/mol. The van der Waals surface area contributed by atoms with E-state index in [1.54, 1.807) is 21.0 Å². The number of benzene rings is 1. The van der Waals surface area contributed by atoms with Crippen molar-refractivity contribution in [1.82, 2.24) is 9.97 Å². The second-order valence-electron chi connectivity index (χ2n) is 5.64. The number of hydrogen-bond donors (Lipinski definition) is 1. The molecule has 0 aliphatic carbocycles. The zero-order valence-electron chi connectivity index (χ0n) is 13.5. The van der Waals surface area contributed by atoms with E-state index in [4.69, 9.17) is 4.74 Å². The van der Waals surface area contributed by atoms with Crippen LogP contribution < -0.4 is 4.74 Å². The van der Waals surface area contributed by atoms with Crippen molar-refractivity contribution in [3.63, 3.8) is 0 Å². The van der Waals surface area contributed by atoms with Crippen LogP contribution in [-0.2, 0) is 5.60 Å². The Balaban J connectivity index is 2.40. The van der Waals surface area contributed by atoms with Crippen molar-refractivity contribution in [3.8, 4) is 16.9 Å². The molecule has 2 aromatic heterocycles. The molecule has 0 saturated heterocycles. The number of nitrogens with zero attached hydrogens (tertiary/aromatic N) is 2. The zero-order chi connectivity index (χ0) is 16.6. The summed E-state index contributed by atoms with van der Waals surface area (Å²) in [5.41, 5.74) is 1.74. The molecule has 3 rings (SSSR count). The second kappa shape index (κ2) is 6.11. The van der Waals surface area contributed by atoms with Crippen LogP contribution in [0.5, 0.6) is 5.75 Å². The lowest BCUT2D eigenvalue weighted by molar-refractivity contribution is 0.0831. The third-order valence-corrected chi connectivity index (χ3v) is 5.51. The van der Waals surface area contributed by atoms with E-state index in [1.165, 1.54) is 23.1 Å². The summed E-state index contributed by atoms with van der Waals surface area (Å²) in [6.45, 7) is 3.58. The van der Waals surface area contributed by atoms with Gasteiger partial charge in [-0.15, -0.1) is 11.3 Å². The van der Waals surface area contributed by atoms with E-state index in [-0.39, 0.29) is 0 Å². The highest BCUT2D eigenvalue weighted by Crippen LogP contribution is 2.45. The van der Waals surface area contributed by atoms with Crippen molar-refractivity contribution >= 4 is 33.3 Å². The predicted octanol–water partition coefficient (Wildman–Crippen LogP) is 4.32. The van der Waals surface area contributed by atoms with Gasteiger partial charge in [-0.25, -0.2) is 9.97 Å². The summed E-state index contributed by atoms with van der Waals surface area (Å²) >= 11 is 3.03. The number of hydrogen-bond acceptors (Lipinski definition) is 6. The largest absolute Gasteiger partial charge is 0.496 e. The smallest absolute Gasteiger partial charge is 0.187 e. The van der Waals surface area contributed by atoms with Crippen molar-refractivity contribution in [1.29, 1.82) is 0 Å². The lowest BCUT2D eigenvalue weighted by Gasteiger charge is -2.18. The number of aromatic nitrogens is 2. The van der Waals surface area contributed by atoms with E-state index >= 15 is 0 Å². The minimum Gasteiger partial charge on any atom is -0.496 e. The molecule has 23 heavy (non-hydrogen) atoms. The first-order valence-corrected chi connectivity index (χ1v) is 9.19. The number of thiophene rings is 1. The van der Waals surface area contributed by atoms with Crippen LogP contribution in [0, 0.1) is 0 Å². The second-order valence-corrected chi connectivity index (χ2v) is 7.46. The third kappa shape index (κ3) is 2.94. The van der Waals surface area contributed by atoms with Crippen LogP contribution >= 0.6 is 23.1 Å². The summed E-state index contributed by atoms with van der Waals surface area (Å²) in [5.74, 6) is 0.766. The minimum absolute atomic E-state index is 0.716. The molecule has 6 heteroatoms. The first-order valence-electron chi connectivity index (χ1n) is 7.15. The van der Waals surface area contributed by atoms with Crippen LogP contribution in [0.25, 0.3) is 21.3 Å². The van der Waals surface area contributed by atoms with E-state index in [1.807, 2.05) is 36.7 Å². The van der Waals surface area contributed by atoms with Gasteiger partial charge in [0.25, 0.3) is 0 Å². The van der Waals surface area contributed by atoms with Crippen LogP contribution in [0.15, 0.2) is 35.6 Å². The van der Waals surface area contributed by atoms with Crippen molar-refractivity contribution in [2.75, 3.05) is 13.4 Å². The molecule has 0 bridgehead atoms. The number of rotatable bonds is 4. The van der Waals surface area contributed by atoms with Gasteiger partial charge in [-0.3, -0.25) is 0 Å². The van der Waals surface area contributed by atoms with Crippen LogP contribution in [0.1, 0.15) is 18.7 Å². The minimum atomic E-state index is -0.971. The van der Waals surface area contributed by atoms with Gasteiger partial charge in [-0.1, -0.05) is 30.0 Å². The van der Waals surface area contributed by atoms with Gasteiger partial charge in [-0.05, 0) is 26.2 Å². The molecule has 0 saturated carbocycles. The van der Waals surface area contributed by atoms with Crippen LogP contribution in [0.3, 0.4) is 0 Å². The molecule has 0 unspecified atom stereocenters. The molecule has 4 nitrogen and oxygen atoms in total. The molecule has 0 fully saturated rings. The van der Waals surface area contributed by atoms with Gasteiger partial charge in [0.2, 0.25) is 0 Å². The third-order valence-electron chi connectivity index (χ3n) is 3.52. The van der Waals surface area contributed by atoms with E-state index in [9.17, 15) is 5.11 Å². The lowest BCUT2D eigenvalue weighted by atomic mass is 9.96. The summed E-state index contributed by atoms with van der Waals surface area (Å²) < 4.78 is 6.48. The summed E-state index contributed by atoms with van der Waals surface area (Å²) in [6, 6.07) is 7.81. The van der Waals surface area contributed by atoms with E-state index < -0.39 is 5.60 Å². The Hall–Kier alpha value is -1.63. The number of fused-ring (bicyclic) bond motifs is 1. The van der Waals surface area contributed by atoms with Gasteiger partial charge in [0.15, 0.2) is 5.16 Å². The standard InChI is InChI=1S/C17H18N2O2S2/c1-17(2,20)15-13(10-7-5-6-8-11(10)21-3)14-12(23-15)9-18-16(19-14)22-4/h5-9,20H,1-4H3. The topological polar surface area (TPSA) is 55.2 Å². The number of methoxy groups -OCH3 is 1. The highest BCUT2D eigenvalue weighted by molar-refractivity contribution is 7.98. The molecule has 0 spiro atoms. The fourth-order valence-electron chi connectivity index (χ4n) is 2.51. The fourth-order valence-corrected chi connectivity index (χ4v) is 3.98. The maximum atomic E-state index is 10.6. The number of ether oxygens (including phenoxy) is 1. The molecule has 0 aliphatic heterocycles. The van der Waals surface area contributed by atoms with Gasteiger partial charge in [-0.2, -0.15) is 0 Å². The summed E-state index contributed by atoms with van der Waals surface area (Å²) in [6.07, 6.45) is 3.78. The molecular weight excluding hydrogens is 328 g/mol. The Morgan fingerprint density at radius 3 is 2.65 bits per heavy atom. The first kappa shape index (κ1) is 16.2. The molecule has 0 aliphatic rings. The maximum absolute atomic E-state index is 10.6. The SMILES string of the molecule is COc1ccccc1-c1c(C(C)(C)O)sc2cnc(SC)nc12. The molecule has 1 N–H and O–H groups in total. The number of aliphatic hydroxyl groups is 1. The van der Waals surface area contributed by atoms with Crippen molar-refractivity contribution in [3.05, 3.63) is 35.3 Å². The van der Waals surface area contributed by atoms with Gasteiger partial charge in [0, 0.05) is 22.2 Å². The molecule has 1 aromatic carbocycles. The predicted molar refractivity (Wildman–Crippen MR) is 96.4 cm³/mol. The highest BCUT2D eigenvalue weighted by Gasteiger charge is 2.28. The summed E-state index contributed by atoms with van der Waals surface area (Å²) in [4.78, 5) is 9.89. The Labute approximate surface area is 143 Å². The first-order chi connectivity index (χ1) is 11.0. The molecule has 2 heterocycles. The monoisotopic (exact) mass is 346 g/mol. The van der Waals surface area contributed by atoms with Crippen molar-refractivity contribution < 1.29 is 9.84 Å². The quantitative estimate of drug-likeness (QED) is 0.563. The summed E-state index contributed by atoms with van der Waals surface area (Å²) in [5, 5.41) is 11.4.